The van der Waals surface area contributed by atoms with E-state index >= 15 is 0 Å². The maximum absolute atomic E-state index is 13.4. The first-order chi connectivity index (χ1) is 16.0. The van der Waals surface area contributed by atoms with Crippen molar-refractivity contribution in [3.05, 3.63) is 95.8 Å². The zero-order chi connectivity index (χ0) is 23.4. The number of aromatic hydroxyl groups is 1. The van der Waals surface area contributed by atoms with Crippen LogP contribution in [0.15, 0.2) is 78.9 Å². The summed E-state index contributed by atoms with van der Waals surface area (Å²) in [7, 11) is 3.19. The molecular formula is C28H25FO4. The summed E-state index contributed by atoms with van der Waals surface area (Å²) in [6, 6.07) is 23.1. The molecule has 4 aromatic carbocycles. The Morgan fingerprint density at radius 2 is 1.48 bits per heavy atom. The molecule has 0 bridgehead atoms. The van der Waals surface area contributed by atoms with E-state index in [2.05, 4.69) is 0 Å². The highest BCUT2D eigenvalue weighted by Crippen LogP contribution is 2.46. The van der Waals surface area contributed by atoms with Crippen LogP contribution in [0, 0.1) is 12.7 Å². The zero-order valence-corrected chi connectivity index (χ0v) is 18.8. The van der Waals surface area contributed by atoms with Crippen molar-refractivity contribution in [3.63, 3.8) is 0 Å². The van der Waals surface area contributed by atoms with Crippen molar-refractivity contribution in [2.45, 2.75) is 13.5 Å². The molecule has 0 atom stereocenters. The van der Waals surface area contributed by atoms with Crippen LogP contribution >= 0.6 is 0 Å². The number of methoxy groups -OCH3 is 2. The van der Waals surface area contributed by atoms with Crippen LogP contribution in [0.4, 0.5) is 4.39 Å². The fourth-order valence-electron chi connectivity index (χ4n) is 3.93. The smallest absolute Gasteiger partial charge is 0.161 e. The molecule has 0 aliphatic heterocycles. The first-order valence-corrected chi connectivity index (χ1v) is 10.5. The summed E-state index contributed by atoms with van der Waals surface area (Å²) >= 11 is 0. The Morgan fingerprint density at radius 1 is 0.788 bits per heavy atom. The molecule has 5 heteroatoms. The van der Waals surface area contributed by atoms with Crippen LogP contribution in [-0.4, -0.2) is 19.3 Å². The van der Waals surface area contributed by atoms with Crippen LogP contribution < -0.4 is 14.2 Å². The standard InChI is InChI=1S/C28H25FO4/c1-18-27(21-11-14-25(24(30)15-21)33-17-19-7-5-4-6-8-19)26(31-2)16-23(28(18)32-3)20-9-12-22(29)13-10-20/h4-16,30H,17H2,1-3H3. The Bertz CT molecular complexity index is 1250. The minimum Gasteiger partial charge on any atom is -0.504 e. The lowest BCUT2D eigenvalue weighted by Gasteiger charge is -2.20. The van der Waals surface area contributed by atoms with Crippen molar-refractivity contribution >= 4 is 0 Å². The lowest BCUT2D eigenvalue weighted by molar-refractivity contribution is 0.289. The summed E-state index contributed by atoms with van der Waals surface area (Å²) in [5.74, 6) is 1.40. The van der Waals surface area contributed by atoms with Crippen molar-refractivity contribution in [3.8, 4) is 45.3 Å². The summed E-state index contributed by atoms with van der Waals surface area (Å²) in [4.78, 5) is 0. The third-order valence-corrected chi connectivity index (χ3v) is 5.55. The minimum atomic E-state index is -0.303. The summed E-state index contributed by atoms with van der Waals surface area (Å²) in [5.41, 5.74) is 5.02. The molecule has 168 valence electrons. The number of phenols is 1. The fourth-order valence-corrected chi connectivity index (χ4v) is 3.93. The van der Waals surface area contributed by atoms with E-state index in [0.717, 1.165) is 33.4 Å². The number of hydrogen-bond acceptors (Lipinski definition) is 4. The van der Waals surface area contributed by atoms with Gasteiger partial charge in [0.05, 0.1) is 14.2 Å². The molecule has 0 amide bonds. The lowest BCUT2D eigenvalue weighted by atomic mass is 9.93. The minimum absolute atomic E-state index is 0.0338. The number of halogens is 1. The maximum atomic E-state index is 13.4. The summed E-state index contributed by atoms with van der Waals surface area (Å²) in [5, 5.41) is 10.6. The van der Waals surface area contributed by atoms with E-state index in [1.54, 1.807) is 38.5 Å². The van der Waals surface area contributed by atoms with Crippen LogP contribution in [0.5, 0.6) is 23.0 Å². The van der Waals surface area contributed by atoms with Crippen molar-refractivity contribution in [2.24, 2.45) is 0 Å². The van der Waals surface area contributed by atoms with Crippen LogP contribution in [0.1, 0.15) is 11.1 Å². The predicted molar refractivity (Wildman–Crippen MR) is 128 cm³/mol. The first-order valence-electron chi connectivity index (χ1n) is 10.5. The quantitative estimate of drug-likeness (QED) is 0.342. The first kappa shape index (κ1) is 22.2. The molecule has 0 aromatic heterocycles. The molecule has 4 nitrogen and oxygen atoms in total. The second-order valence-corrected chi connectivity index (χ2v) is 7.62. The molecule has 0 saturated heterocycles. The van der Waals surface area contributed by atoms with Crippen LogP contribution in [-0.2, 0) is 6.61 Å². The van der Waals surface area contributed by atoms with Gasteiger partial charge >= 0.3 is 0 Å². The van der Waals surface area contributed by atoms with Gasteiger partial charge < -0.3 is 19.3 Å². The average molecular weight is 445 g/mol. The third-order valence-electron chi connectivity index (χ3n) is 5.55. The predicted octanol–water partition coefficient (Wildman–Crippen LogP) is 6.77. The summed E-state index contributed by atoms with van der Waals surface area (Å²) < 4.78 is 30.6. The molecule has 0 spiro atoms. The van der Waals surface area contributed by atoms with Gasteiger partial charge in [0.25, 0.3) is 0 Å². The van der Waals surface area contributed by atoms with Gasteiger partial charge in [-0.1, -0.05) is 48.5 Å². The Kier molecular flexibility index (Phi) is 6.50. The fraction of sp³-hybridized carbons (Fsp3) is 0.143. The Hall–Kier alpha value is -3.99. The molecule has 0 aliphatic carbocycles. The Morgan fingerprint density at radius 3 is 2.12 bits per heavy atom. The SMILES string of the molecule is COc1cc(-c2ccc(F)cc2)c(OC)c(C)c1-c1ccc(OCc2ccccc2)c(O)c1. The number of hydrogen-bond donors (Lipinski definition) is 1. The van der Waals surface area contributed by atoms with Crippen LogP contribution in [0.2, 0.25) is 0 Å². The highest BCUT2D eigenvalue weighted by atomic mass is 19.1. The van der Waals surface area contributed by atoms with E-state index in [9.17, 15) is 9.50 Å². The zero-order valence-electron chi connectivity index (χ0n) is 18.8. The van der Waals surface area contributed by atoms with Crippen molar-refractivity contribution in [2.75, 3.05) is 14.2 Å². The van der Waals surface area contributed by atoms with Gasteiger partial charge in [0.1, 0.15) is 23.9 Å². The van der Waals surface area contributed by atoms with Crippen LogP contribution in [0.3, 0.4) is 0 Å². The van der Waals surface area contributed by atoms with Gasteiger partial charge in [-0.05, 0) is 53.9 Å². The number of benzene rings is 4. The molecule has 0 saturated carbocycles. The van der Waals surface area contributed by atoms with E-state index in [1.165, 1.54) is 12.1 Å². The number of phenolic OH excluding ortho intramolecular Hbond substituents is 1. The topological polar surface area (TPSA) is 47.9 Å². The van der Waals surface area contributed by atoms with Gasteiger partial charge in [0.2, 0.25) is 0 Å². The van der Waals surface area contributed by atoms with Gasteiger partial charge in [-0.3, -0.25) is 0 Å². The summed E-state index contributed by atoms with van der Waals surface area (Å²) in [6.07, 6.45) is 0. The number of ether oxygens (including phenoxy) is 3. The molecule has 0 fully saturated rings. The van der Waals surface area contributed by atoms with E-state index < -0.39 is 0 Å². The van der Waals surface area contributed by atoms with Gasteiger partial charge in [0, 0.05) is 16.7 Å². The summed E-state index contributed by atoms with van der Waals surface area (Å²) in [6.45, 7) is 2.29. The highest BCUT2D eigenvalue weighted by Gasteiger charge is 2.20. The molecule has 0 heterocycles. The van der Waals surface area contributed by atoms with Gasteiger partial charge in [-0.2, -0.15) is 0 Å². The van der Waals surface area contributed by atoms with Crippen LogP contribution in [0.25, 0.3) is 22.3 Å². The molecule has 0 unspecified atom stereocenters. The van der Waals surface area contributed by atoms with Gasteiger partial charge in [-0.25, -0.2) is 4.39 Å². The molecule has 33 heavy (non-hydrogen) atoms. The van der Waals surface area contributed by atoms with Crippen molar-refractivity contribution in [1.29, 1.82) is 0 Å². The largest absolute Gasteiger partial charge is 0.504 e. The molecule has 4 aromatic rings. The second kappa shape index (κ2) is 9.65. The number of rotatable bonds is 7. The Labute approximate surface area is 192 Å². The van der Waals surface area contributed by atoms with Gasteiger partial charge in [-0.15, -0.1) is 0 Å². The van der Waals surface area contributed by atoms with E-state index in [4.69, 9.17) is 14.2 Å². The van der Waals surface area contributed by atoms with Gasteiger partial charge in [0.15, 0.2) is 11.5 Å². The molecular weight excluding hydrogens is 419 g/mol. The third kappa shape index (κ3) is 4.62. The molecule has 0 radical (unpaired) electrons. The maximum Gasteiger partial charge on any atom is 0.161 e. The van der Waals surface area contributed by atoms with E-state index in [0.29, 0.717) is 23.9 Å². The van der Waals surface area contributed by atoms with Crippen molar-refractivity contribution in [1.82, 2.24) is 0 Å². The lowest BCUT2D eigenvalue weighted by Crippen LogP contribution is -1.99. The monoisotopic (exact) mass is 444 g/mol. The van der Waals surface area contributed by atoms with E-state index in [-0.39, 0.29) is 11.6 Å². The highest BCUT2D eigenvalue weighted by molar-refractivity contribution is 5.85. The molecule has 4 rings (SSSR count). The van der Waals surface area contributed by atoms with Crippen molar-refractivity contribution < 1.29 is 23.7 Å². The second-order valence-electron chi connectivity index (χ2n) is 7.62. The molecule has 1 N–H and O–H groups in total. The molecule has 0 aliphatic rings. The van der Waals surface area contributed by atoms with E-state index in [1.807, 2.05) is 49.4 Å². The Balaban J connectivity index is 1.72. The average Bonchev–Trinajstić information content (AvgIpc) is 2.84. The normalized spacial score (nSPS) is 10.7.